The Morgan fingerprint density at radius 2 is 2.00 bits per heavy atom. The first-order chi connectivity index (χ1) is 11.1. The van der Waals surface area contributed by atoms with Crippen LogP contribution in [0.1, 0.15) is 24.1 Å². The molecule has 2 aromatic rings. The number of benzene rings is 1. The summed E-state index contributed by atoms with van der Waals surface area (Å²) in [7, 11) is 1.99. The Hall–Kier alpha value is -1.79. The van der Waals surface area contributed by atoms with Crippen molar-refractivity contribution in [2.75, 3.05) is 13.1 Å². The maximum atomic E-state index is 13.3. The Morgan fingerprint density at radius 1 is 1.22 bits per heavy atom. The van der Waals surface area contributed by atoms with Gasteiger partial charge in [0.05, 0.1) is 12.0 Å². The zero-order valence-electron chi connectivity index (χ0n) is 13.3. The third kappa shape index (κ3) is 4.14. The number of aromatic nitrogens is 2. The van der Waals surface area contributed by atoms with Crippen molar-refractivity contribution in [3.63, 3.8) is 0 Å². The van der Waals surface area contributed by atoms with E-state index < -0.39 is 11.6 Å². The van der Waals surface area contributed by atoms with Crippen LogP contribution < -0.4 is 5.32 Å². The van der Waals surface area contributed by atoms with E-state index in [2.05, 4.69) is 15.2 Å². The van der Waals surface area contributed by atoms with Crippen molar-refractivity contribution < 1.29 is 8.78 Å². The number of hydrogen-bond acceptors (Lipinski definition) is 3. The topological polar surface area (TPSA) is 33.1 Å². The lowest BCUT2D eigenvalue weighted by Crippen LogP contribution is -2.42. The molecule has 23 heavy (non-hydrogen) atoms. The van der Waals surface area contributed by atoms with Crippen molar-refractivity contribution in [2.45, 2.75) is 32.0 Å². The van der Waals surface area contributed by atoms with Crippen LogP contribution in [0.2, 0.25) is 0 Å². The molecule has 124 valence electrons. The van der Waals surface area contributed by atoms with Crippen LogP contribution in [-0.2, 0) is 20.1 Å². The molecule has 1 saturated heterocycles. The van der Waals surface area contributed by atoms with Crippen molar-refractivity contribution in [3.8, 4) is 0 Å². The van der Waals surface area contributed by atoms with E-state index in [1.54, 1.807) is 12.4 Å². The average molecular weight is 320 g/mol. The lowest BCUT2D eigenvalue weighted by molar-refractivity contribution is 0.189. The highest BCUT2D eigenvalue weighted by molar-refractivity contribution is 5.17. The summed E-state index contributed by atoms with van der Waals surface area (Å²) >= 11 is 0. The molecule has 2 heterocycles. The molecule has 0 spiro atoms. The second-order valence-electron chi connectivity index (χ2n) is 6.18. The molecule has 0 amide bonds. The van der Waals surface area contributed by atoms with E-state index in [0.29, 0.717) is 12.6 Å². The van der Waals surface area contributed by atoms with Gasteiger partial charge >= 0.3 is 0 Å². The third-order valence-corrected chi connectivity index (χ3v) is 4.47. The fourth-order valence-corrected chi connectivity index (χ4v) is 3.00. The fraction of sp³-hybridized carbons (Fsp3) is 0.471. The second kappa shape index (κ2) is 7.19. The van der Waals surface area contributed by atoms with E-state index in [0.717, 1.165) is 38.0 Å². The summed E-state index contributed by atoms with van der Waals surface area (Å²) in [6.07, 6.45) is 5.80. The van der Waals surface area contributed by atoms with Gasteiger partial charge in [0, 0.05) is 32.4 Å². The van der Waals surface area contributed by atoms with Gasteiger partial charge in [0.25, 0.3) is 0 Å². The van der Waals surface area contributed by atoms with E-state index in [1.165, 1.54) is 17.8 Å². The molecule has 0 saturated carbocycles. The SMILES string of the molecule is Cn1cncc1CNC1CCN(Cc2ccc(F)c(F)c2)CC1. The number of likely N-dealkylation sites (tertiary alicyclic amines) is 1. The lowest BCUT2D eigenvalue weighted by Gasteiger charge is -2.32. The van der Waals surface area contributed by atoms with Crippen LogP contribution in [0.5, 0.6) is 0 Å². The zero-order chi connectivity index (χ0) is 16.2. The molecule has 4 nitrogen and oxygen atoms in total. The van der Waals surface area contributed by atoms with Gasteiger partial charge in [-0.2, -0.15) is 0 Å². The number of rotatable bonds is 5. The molecule has 0 bridgehead atoms. The molecule has 1 aliphatic rings. The molecule has 0 atom stereocenters. The number of hydrogen-bond donors (Lipinski definition) is 1. The summed E-state index contributed by atoms with van der Waals surface area (Å²) in [5.41, 5.74) is 2.00. The number of piperidine rings is 1. The maximum Gasteiger partial charge on any atom is 0.159 e. The van der Waals surface area contributed by atoms with Crippen molar-refractivity contribution in [1.82, 2.24) is 19.8 Å². The fourth-order valence-electron chi connectivity index (χ4n) is 3.00. The van der Waals surface area contributed by atoms with Gasteiger partial charge in [0.2, 0.25) is 0 Å². The standard InChI is InChI=1S/C17H22F2N4/c1-22-12-20-9-15(22)10-21-14-4-6-23(7-5-14)11-13-2-3-16(18)17(19)8-13/h2-3,8-9,12,14,21H,4-7,10-11H2,1H3. The van der Waals surface area contributed by atoms with E-state index >= 15 is 0 Å². The van der Waals surface area contributed by atoms with E-state index in [-0.39, 0.29) is 0 Å². The Bertz CT molecular complexity index is 648. The van der Waals surface area contributed by atoms with Gasteiger partial charge in [0.15, 0.2) is 11.6 Å². The average Bonchev–Trinajstić information content (AvgIpc) is 2.95. The first kappa shape index (κ1) is 16.1. The van der Waals surface area contributed by atoms with E-state index in [4.69, 9.17) is 0 Å². The van der Waals surface area contributed by atoms with Gasteiger partial charge in [-0.15, -0.1) is 0 Å². The highest BCUT2D eigenvalue weighted by atomic mass is 19.2. The van der Waals surface area contributed by atoms with Crippen molar-refractivity contribution in [3.05, 3.63) is 53.6 Å². The largest absolute Gasteiger partial charge is 0.337 e. The first-order valence-corrected chi connectivity index (χ1v) is 7.96. The number of aryl methyl sites for hydroxylation is 1. The molecule has 1 aliphatic heterocycles. The molecular weight excluding hydrogens is 298 g/mol. The first-order valence-electron chi connectivity index (χ1n) is 7.96. The summed E-state index contributed by atoms with van der Waals surface area (Å²) in [6, 6.07) is 4.64. The lowest BCUT2D eigenvalue weighted by atomic mass is 10.0. The van der Waals surface area contributed by atoms with Crippen LogP contribution in [0.15, 0.2) is 30.7 Å². The second-order valence-corrected chi connectivity index (χ2v) is 6.18. The van der Waals surface area contributed by atoms with Crippen LogP contribution in [0.3, 0.4) is 0 Å². The van der Waals surface area contributed by atoms with Crippen molar-refractivity contribution >= 4 is 0 Å². The van der Waals surface area contributed by atoms with Gasteiger partial charge in [-0.3, -0.25) is 4.90 Å². The van der Waals surface area contributed by atoms with Crippen LogP contribution >= 0.6 is 0 Å². The van der Waals surface area contributed by atoms with Crippen molar-refractivity contribution in [2.24, 2.45) is 7.05 Å². The van der Waals surface area contributed by atoms with Gasteiger partial charge < -0.3 is 9.88 Å². The number of halogens is 2. The third-order valence-electron chi connectivity index (χ3n) is 4.47. The summed E-state index contributed by atoms with van der Waals surface area (Å²) in [6.45, 7) is 3.42. The molecule has 6 heteroatoms. The number of nitrogens with one attached hydrogen (secondary N) is 1. The minimum absolute atomic E-state index is 0.492. The van der Waals surface area contributed by atoms with Gasteiger partial charge in [-0.1, -0.05) is 6.07 Å². The van der Waals surface area contributed by atoms with Crippen LogP contribution in [0.4, 0.5) is 8.78 Å². The van der Waals surface area contributed by atoms with Gasteiger partial charge in [0.1, 0.15) is 0 Å². The molecule has 0 aliphatic carbocycles. The Labute approximate surface area is 135 Å². The summed E-state index contributed by atoms with van der Waals surface area (Å²) in [5, 5.41) is 3.57. The van der Waals surface area contributed by atoms with Crippen LogP contribution in [-0.4, -0.2) is 33.6 Å². The molecule has 1 N–H and O–H groups in total. The molecule has 0 radical (unpaired) electrons. The van der Waals surface area contributed by atoms with Gasteiger partial charge in [-0.25, -0.2) is 13.8 Å². The van der Waals surface area contributed by atoms with E-state index in [9.17, 15) is 8.78 Å². The molecule has 1 aromatic heterocycles. The number of imidazole rings is 1. The monoisotopic (exact) mass is 320 g/mol. The normalized spacial score (nSPS) is 16.8. The summed E-state index contributed by atoms with van der Waals surface area (Å²) < 4.78 is 28.2. The minimum atomic E-state index is -0.785. The molecule has 1 aromatic carbocycles. The quantitative estimate of drug-likeness (QED) is 0.919. The Kier molecular flexibility index (Phi) is 5.03. The predicted molar refractivity (Wildman–Crippen MR) is 84.7 cm³/mol. The Balaban J connectivity index is 1.45. The molecule has 1 fully saturated rings. The molecular formula is C17H22F2N4. The highest BCUT2D eigenvalue weighted by Gasteiger charge is 2.19. The van der Waals surface area contributed by atoms with Crippen molar-refractivity contribution in [1.29, 1.82) is 0 Å². The predicted octanol–water partition coefficient (Wildman–Crippen LogP) is 2.45. The molecule has 3 rings (SSSR count). The van der Waals surface area contributed by atoms with E-state index in [1.807, 2.05) is 17.8 Å². The zero-order valence-corrected chi connectivity index (χ0v) is 13.3. The highest BCUT2D eigenvalue weighted by Crippen LogP contribution is 2.16. The molecule has 0 unspecified atom stereocenters. The minimum Gasteiger partial charge on any atom is -0.337 e. The maximum absolute atomic E-state index is 13.3. The number of nitrogens with zero attached hydrogens (tertiary/aromatic N) is 3. The summed E-state index contributed by atoms with van der Waals surface area (Å²) in [4.78, 5) is 6.40. The summed E-state index contributed by atoms with van der Waals surface area (Å²) in [5.74, 6) is -1.55. The Morgan fingerprint density at radius 3 is 2.65 bits per heavy atom. The van der Waals surface area contributed by atoms with Crippen LogP contribution in [0.25, 0.3) is 0 Å². The van der Waals surface area contributed by atoms with Gasteiger partial charge in [-0.05, 0) is 43.6 Å². The van der Waals surface area contributed by atoms with Crippen LogP contribution in [0, 0.1) is 11.6 Å². The smallest absolute Gasteiger partial charge is 0.159 e.